The summed E-state index contributed by atoms with van der Waals surface area (Å²) in [6, 6.07) is -0.314. The topological polar surface area (TPSA) is 72.1 Å². The van der Waals surface area contributed by atoms with Gasteiger partial charge >= 0.3 is 0 Å². The van der Waals surface area contributed by atoms with Gasteiger partial charge in [-0.3, -0.25) is 4.79 Å². The van der Waals surface area contributed by atoms with E-state index in [0.717, 1.165) is 25.8 Å². The van der Waals surface area contributed by atoms with Crippen LogP contribution < -0.4 is 10.6 Å². The fourth-order valence-electron chi connectivity index (χ4n) is 2.02. The van der Waals surface area contributed by atoms with Gasteiger partial charge in [-0.05, 0) is 35.2 Å². The first-order chi connectivity index (χ1) is 8.11. The molecule has 1 aromatic heterocycles. The highest BCUT2D eigenvalue weighted by Crippen LogP contribution is 2.32. The zero-order valence-electron chi connectivity index (χ0n) is 9.07. The van der Waals surface area contributed by atoms with Crippen LogP contribution in [0.15, 0.2) is 10.8 Å². The number of carbonyl (C=O) groups is 1. The number of aromatic nitrogens is 2. The van der Waals surface area contributed by atoms with Crippen LogP contribution in [-0.2, 0) is 4.79 Å². The first-order valence-corrected chi connectivity index (χ1v) is 6.50. The molecule has 2 heterocycles. The number of hydrogen-bond acceptors (Lipinski definition) is 4. The quantitative estimate of drug-likeness (QED) is 0.843. The van der Waals surface area contributed by atoms with Gasteiger partial charge in [-0.25, -0.2) is 9.97 Å². The standard InChI is InChI=1S/C10H12BrClN4O/c11-7-8(12)14-5-15-10(7)16-4-2-1-3-6(16)9(13)17/h5-6H,1-4H2,(H2,13,17). The molecule has 0 aromatic carbocycles. The Kier molecular flexibility index (Phi) is 3.83. The van der Waals surface area contributed by atoms with Crippen LogP contribution in [0, 0.1) is 0 Å². The number of rotatable bonds is 2. The van der Waals surface area contributed by atoms with E-state index in [9.17, 15) is 4.79 Å². The number of primary amides is 1. The second kappa shape index (κ2) is 5.18. The van der Waals surface area contributed by atoms with E-state index in [2.05, 4.69) is 25.9 Å². The molecule has 1 amide bonds. The van der Waals surface area contributed by atoms with E-state index in [1.54, 1.807) is 0 Å². The van der Waals surface area contributed by atoms with Crippen molar-refractivity contribution in [3.8, 4) is 0 Å². The third-order valence-electron chi connectivity index (χ3n) is 2.83. The Labute approximate surface area is 112 Å². The lowest BCUT2D eigenvalue weighted by Crippen LogP contribution is -2.48. The molecule has 2 rings (SSSR count). The summed E-state index contributed by atoms with van der Waals surface area (Å²) in [7, 11) is 0. The minimum atomic E-state index is -0.327. The van der Waals surface area contributed by atoms with E-state index >= 15 is 0 Å². The molecule has 1 aliphatic rings. The zero-order chi connectivity index (χ0) is 12.4. The first kappa shape index (κ1) is 12.6. The zero-order valence-corrected chi connectivity index (χ0v) is 11.4. The second-order valence-corrected chi connectivity index (χ2v) is 5.06. The summed E-state index contributed by atoms with van der Waals surface area (Å²) in [6.07, 6.45) is 4.15. The number of carbonyl (C=O) groups excluding carboxylic acids is 1. The third kappa shape index (κ3) is 2.52. The lowest BCUT2D eigenvalue weighted by molar-refractivity contribution is -0.119. The van der Waals surface area contributed by atoms with Crippen molar-refractivity contribution in [2.24, 2.45) is 5.73 Å². The lowest BCUT2D eigenvalue weighted by atomic mass is 10.0. The highest BCUT2D eigenvalue weighted by Gasteiger charge is 2.29. The van der Waals surface area contributed by atoms with E-state index in [1.165, 1.54) is 6.33 Å². The number of hydrogen-bond donors (Lipinski definition) is 1. The molecule has 1 aromatic rings. The van der Waals surface area contributed by atoms with Gasteiger partial charge < -0.3 is 10.6 Å². The molecule has 0 aliphatic carbocycles. The van der Waals surface area contributed by atoms with Crippen molar-refractivity contribution in [2.75, 3.05) is 11.4 Å². The maximum atomic E-state index is 11.4. The van der Waals surface area contributed by atoms with Crippen molar-refractivity contribution in [3.63, 3.8) is 0 Å². The molecule has 0 spiro atoms. The number of anilines is 1. The Morgan fingerprint density at radius 2 is 2.29 bits per heavy atom. The van der Waals surface area contributed by atoms with Gasteiger partial charge in [0.05, 0.1) is 4.47 Å². The van der Waals surface area contributed by atoms with Crippen molar-refractivity contribution in [3.05, 3.63) is 16.0 Å². The van der Waals surface area contributed by atoms with Gasteiger partial charge in [0.15, 0.2) is 0 Å². The Hall–Kier alpha value is -0.880. The van der Waals surface area contributed by atoms with Gasteiger partial charge in [0.25, 0.3) is 0 Å². The van der Waals surface area contributed by atoms with Crippen molar-refractivity contribution < 1.29 is 4.79 Å². The van der Waals surface area contributed by atoms with E-state index < -0.39 is 0 Å². The summed E-state index contributed by atoms with van der Waals surface area (Å²) in [5, 5.41) is 0.337. The van der Waals surface area contributed by atoms with Crippen LogP contribution in [-0.4, -0.2) is 28.5 Å². The molecule has 92 valence electrons. The monoisotopic (exact) mass is 318 g/mol. The molecule has 0 bridgehead atoms. The molecule has 1 fully saturated rings. The van der Waals surface area contributed by atoms with Gasteiger partial charge in [-0.1, -0.05) is 11.6 Å². The number of nitrogens with zero attached hydrogens (tertiary/aromatic N) is 3. The van der Waals surface area contributed by atoms with Gasteiger partial charge in [0.1, 0.15) is 23.3 Å². The molecule has 2 N–H and O–H groups in total. The molecule has 5 nitrogen and oxygen atoms in total. The average molecular weight is 320 g/mol. The van der Waals surface area contributed by atoms with Gasteiger partial charge in [-0.2, -0.15) is 0 Å². The third-order valence-corrected chi connectivity index (χ3v) is 4.08. The van der Waals surface area contributed by atoms with Gasteiger partial charge in [0.2, 0.25) is 5.91 Å². The van der Waals surface area contributed by atoms with E-state index in [-0.39, 0.29) is 11.9 Å². The predicted molar refractivity (Wildman–Crippen MR) is 68.9 cm³/mol. The number of amides is 1. The minimum Gasteiger partial charge on any atom is -0.368 e. The Bertz CT molecular complexity index is 442. The van der Waals surface area contributed by atoms with Crippen LogP contribution >= 0.6 is 27.5 Å². The van der Waals surface area contributed by atoms with Crippen molar-refractivity contribution in [1.82, 2.24) is 9.97 Å². The molecular formula is C10H12BrClN4O. The predicted octanol–water partition coefficient (Wildman–Crippen LogP) is 1.74. The lowest BCUT2D eigenvalue weighted by Gasteiger charge is -2.35. The van der Waals surface area contributed by atoms with E-state index in [1.807, 2.05) is 4.90 Å². The molecule has 7 heteroatoms. The first-order valence-electron chi connectivity index (χ1n) is 5.33. The van der Waals surface area contributed by atoms with Crippen LogP contribution in [0.25, 0.3) is 0 Å². The number of piperidine rings is 1. The Balaban J connectivity index is 2.36. The summed E-state index contributed by atoms with van der Waals surface area (Å²) < 4.78 is 0.606. The maximum Gasteiger partial charge on any atom is 0.240 e. The van der Waals surface area contributed by atoms with Crippen molar-refractivity contribution in [1.29, 1.82) is 0 Å². The summed E-state index contributed by atoms with van der Waals surface area (Å²) in [5.41, 5.74) is 5.41. The van der Waals surface area contributed by atoms with Gasteiger partial charge in [-0.15, -0.1) is 0 Å². The second-order valence-electron chi connectivity index (χ2n) is 3.91. The maximum absolute atomic E-state index is 11.4. The van der Waals surface area contributed by atoms with Crippen LogP contribution in [0.4, 0.5) is 5.82 Å². The Morgan fingerprint density at radius 1 is 1.53 bits per heavy atom. The van der Waals surface area contributed by atoms with Crippen LogP contribution in [0.2, 0.25) is 5.15 Å². The molecule has 1 unspecified atom stereocenters. The SMILES string of the molecule is NC(=O)C1CCCCN1c1ncnc(Cl)c1Br. The fourth-order valence-corrected chi connectivity index (χ4v) is 2.58. The van der Waals surface area contributed by atoms with Crippen LogP contribution in [0.1, 0.15) is 19.3 Å². The minimum absolute atomic E-state index is 0.314. The summed E-state index contributed by atoms with van der Waals surface area (Å²) in [4.78, 5) is 21.4. The molecule has 1 saturated heterocycles. The molecule has 0 saturated carbocycles. The van der Waals surface area contributed by atoms with Crippen molar-refractivity contribution in [2.45, 2.75) is 25.3 Å². The molecule has 0 radical (unpaired) electrons. The summed E-state index contributed by atoms with van der Waals surface area (Å²) in [5.74, 6) is 0.305. The van der Waals surface area contributed by atoms with Crippen molar-refractivity contribution >= 4 is 39.3 Å². The molecule has 1 aliphatic heterocycles. The average Bonchev–Trinajstić information content (AvgIpc) is 2.33. The van der Waals surface area contributed by atoms with Crippen LogP contribution in [0.5, 0.6) is 0 Å². The van der Waals surface area contributed by atoms with E-state index in [0.29, 0.717) is 15.4 Å². The molecule has 1 atom stereocenters. The number of nitrogens with two attached hydrogens (primary N) is 1. The summed E-state index contributed by atoms with van der Waals surface area (Å²) >= 11 is 9.26. The fraction of sp³-hybridized carbons (Fsp3) is 0.500. The van der Waals surface area contributed by atoms with Gasteiger partial charge in [0, 0.05) is 6.54 Å². The number of halogens is 2. The largest absolute Gasteiger partial charge is 0.368 e. The highest BCUT2D eigenvalue weighted by molar-refractivity contribution is 9.10. The summed E-state index contributed by atoms with van der Waals surface area (Å²) in [6.45, 7) is 0.750. The highest BCUT2D eigenvalue weighted by atomic mass is 79.9. The smallest absolute Gasteiger partial charge is 0.240 e. The van der Waals surface area contributed by atoms with E-state index in [4.69, 9.17) is 17.3 Å². The van der Waals surface area contributed by atoms with Crippen LogP contribution in [0.3, 0.4) is 0 Å². The normalized spacial score (nSPS) is 20.4. The molecule has 17 heavy (non-hydrogen) atoms. The Morgan fingerprint density at radius 3 is 3.00 bits per heavy atom. The molecular weight excluding hydrogens is 307 g/mol.